The molecule has 1 aliphatic heterocycles. The molecular formula is C16H24N2O. The highest BCUT2D eigenvalue weighted by atomic mass is 16.5. The molecule has 1 aromatic carbocycles. The first kappa shape index (κ1) is 12.8. The van der Waals surface area contributed by atoms with Crippen LogP contribution in [0.1, 0.15) is 33.1 Å². The van der Waals surface area contributed by atoms with Gasteiger partial charge in [-0.1, -0.05) is 6.07 Å². The summed E-state index contributed by atoms with van der Waals surface area (Å²) in [4.78, 5) is 2.67. The lowest BCUT2D eigenvalue weighted by Gasteiger charge is -2.20. The van der Waals surface area contributed by atoms with Gasteiger partial charge in [-0.25, -0.2) is 0 Å². The van der Waals surface area contributed by atoms with Crippen molar-refractivity contribution in [2.24, 2.45) is 0 Å². The van der Waals surface area contributed by atoms with Gasteiger partial charge in [-0.05, 0) is 45.2 Å². The standard InChI is InChI=1S/C16H24N2O/c1-3-19-16-6-4-5-13(10-16)17-14-9-12(2)18(11-14)15-7-8-15/h4-6,10,12,14-15,17H,3,7-9,11H2,1-2H3. The zero-order valence-corrected chi connectivity index (χ0v) is 11.9. The Balaban J connectivity index is 1.60. The van der Waals surface area contributed by atoms with E-state index in [9.17, 15) is 0 Å². The summed E-state index contributed by atoms with van der Waals surface area (Å²) in [5, 5.41) is 3.66. The van der Waals surface area contributed by atoms with E-state index >= 15 is 0 Å². The second kappa shape index (κ2) is 5.41. The number of nitrogens with one attached hydrogen (secondary N) is 1. The normalized spacial score (nSPS) is 27.5. The maximum atomic E-state index is 5.55. The molecule has 1 saturated carbocycles. The van der Waals surface area contributed by atoms with Gasteiger partial charge in [-0.15, -0.1) is 0 Å². The molecule has 0 radical (unpaired) electrons. The molecule has 3 rings (SSSR count). The summed E-state index contributed by atoms with van der Waals surface area (Å²) in [7, 11) is 0. The molecule has 2 fully saturated rings. The number of nitrogens with zero attached hydrogens (tertiary/aromatic N) is 1. The molecule has 2 aliphatic rings. The Morgan fingerprint density at radius 1 is 1.37 bits per heavy atom. The summed E-state index contributed by atoms with van der Waals surface area (Å²) in [5.41, 5.74) is 1.18. The van der Waals surface area contributed by atoms with Crippen molar-refractivity contribution >= 4 is 5.69 Å². The summed E-state index contributed by atoms with van der Waals surface area (Å²) >= 11 is 0. The highest BCUT2D eigenvalue weighted by Crippen LogP contribution is 2.34. The molecule has 1 N–H and O–H groups in total. The van der Waals surface area contributed by atoms with Gasteiger partial charge in [0.25, 0.3) is 0 Å². The van der Waals surface area contributed by atoms with Crippen LogP contribution in [0.3, 0.4) is 0 Å². The number of anilines is 1. The number of rotatable bonds is 5. The van der Waals surface area contributed by atoms with Crippen LogP contribution < -0.4 is 10.1 Å². The molecule has 0 spiro atoms. The van der Waals surface area contributed by atoms with Crippen LogP contribution in [0.15, 0.2) is 24.3 Å². The Hall–Kier alpha value is -1.22. The third-order valence-corrected chi connectivity index (χ3v) is 4.15. The van der Waals surface area contributed by atoms with Crippen LogP contribution in [-0.4, -0.2) is 36.2 Å². The minimum Gasteiger partial charge on any atom is -0.494 e. The quantitative estimate of drug-likeness (QED) is 0.880. The predicted octanol–water partition coefficient (Wildman–Crippen LogP) is 3.12. The lowest BCUT2D eigenvalue weighted by Crippen LogP contribution is -2.30. The van der Waals surface area contributed by atoms with Crippen molar-refractivity contribution in [1.82, 2.24) is 4.90 Å². The fourth-order valence-corrected chi connectivity index (χ4v) is 3.15. The van der Waals surface area contributed by atoms with Crippen LogP contribution in [0.5, 0.6) is 5.75 Å². The minimum absolute atomic E-state index is 0.576. The lowest BCUT2D eigenvalue weighted by atomic mass is 10.2. The van der Waals surface area contributed by atoms with Crippen LogP contribution in [0.4, 0.5) is 5.69 Å². The largest absolute Gasteiger partial charge is 0.494 e. The van der Waals surface area contributed by atoms with Crippen molar-refractivity contribution in [2.45, 2.75) is 51.2 Å². The highest BCUT2D eigenvalue weighted by Gasteiger charge is 2.38. The molecule has 1 aromatic rings. The molecule has 104 valence electrons. The van der Waals surface area contributed by atoms with E-state index in [1.165, 1.54) is 31.5 Å². The zero-order valence-electron chi connectivity index (χ0n) is 11.9. The average molecular weight is 260 g/mol. The van der Waals surface area contributed by atoms with E-state index in [1.54, 1.807) is 0 Å². The van der Waals surface area contributed by atoms with E-state index in [0.29, 0.717) is 6.04 Å². The van der Waals surface area contributed by atoms with Gasteiger partial charge in [0.15, 0.2) is 0 Å². The molecule has 1 saturated heterocycles. The van der Waals surface area contributed by atoms with Gasteiger partial charge < -0.3 is 10.1 Å². The highest BCUT2D eigenvalue weighted by molar-refractivity contribution is 5.49. The number of hydrogen-bond acceptors (Lipinski definition) is 3. The first-order valence-electron chi connectivity index (χ1n) is 7.51. The van der Waals surface area contributed by atoms with Crippen LogP contribution >= 0.6 is 0 Å². The summed E-state index contributed by atoms with van der Waals surface area (Å²) in [6, 6.07) is 10.5. The maximum absolute atomic E-state index is 5.55. The molecule has 3 heteroatoms. The topological polar surface area (TPSA) is 24.5 Å². The molecule has 1 aliphatic carbocycles. The lowest BCUT2D eigenvalue weighted by molar-refractivity contribution is 0.257. The fourth-order valence-electron chi connectivity index (χ4n) is 3.15. The smallest absolute Gasteiger partial charge is 0.121 e. The predicted molar refractivity (Wildman–Crippen MR) is 78.8 cm³/mol. The Morgan fingerprint density at radius 2 is 2.21 bits per heavy atom. The molecular weight excluding hydrogens is 236 g/mol. The van der Waals surface area contributed by atoms with Crippen LogP contribution in [0.2, 0.25) is 0 Å². The molecule has 0 aromatic heterocycles. The van der Waals surface area contributed by atoms with Gasteiger partial charge >= 0.3 is 0 Å². The number of benzene rings is 1. The molecule has 2 unspecified atom stereocenters. The summed E-state index contributed by atoms with van der Waals surface area (Å²) in [6.07, 6.45) is 4.04. The Kier molecular flexibility index (Phi) is 3.65. The van der Waals surface area contributed by atoms with Crippen molar-refractivity contribution < 1.29 is 4.74 Å². The fraction of sp³-hybridized carbons (Fsp3) is 0.625. The first-order chi connectivity index (χ1) is 9.26. The van der Waals surface area contributed by atoms with E-state index < -0.39 is 0 Å². The van der Waals surface area contributed by atoms with Gasteiger partial charge in [0.1, 0.15) is 5.75 Å². The maximum Gasteiger partial charge on any atom is 0.121 e. The molecule has 2 atom stereocenters. The number of hydrogen-bond donors (Lipinski definition) is 1. The SMILES string of the molecule is CCOc1cccc(NC2CC(C)N(C3CC3)C2)c1. The van der Waals surface area contributed by atoms with Crippen molar-refractivity contribution in [3.8, 4) is 5.75 Å². The number of ether oxygens (including phenoxy) is 1. The molecule has 0 amide bonds. The second-order valence-corrected chi connectivity index (χ2v) is 5.81. The van der Waals surface area contributed by atoms with Crippen molar-refractivity contribution in [3.63, 3.8) is 0 Å². The Labute approximate surface area is 115 Å². The Bertz CT molecular complexity index is 431. The molecule has 1 heterocycles. The molecule has 3 nitrogen and oxygen atoms in total. The van der Waals surface area contributed by atoms with E-state index in [0.717, 1.165) is 24.4 Å². The third kappa shape index (κ3) is 3.03. The average Bonchev–Trinajstić information content (AvgIpc) is 3.15. The van der Waals surface area contributed by atoms with Gasteiger partial charge in [0.05, 0.1) is 6.61 Å². The summed E-state index contributed by atoms with van der Waals surface area (Å²) in [5.74, 6) is 0.956. The number of likely N-dealkylation sites (tertiary alicyclic amines) is 1. The van der Waals surface area contributed by atoms with Gasteiger partial charge in [-0.2, -0.15) is 0 Å². The first-order valence-corrected chi connectivity index (χ1v) is 7.51. The zero-order chi connectivity index (χ0) is 13.2. The minimum atomic E-state index is 0.576. The summed E-state index contributed by atoms with van der Waals surface area (Å²) < 4.78 is 5.55. The molecule has 19 heavy (non-hydrogen) atoms. The van der Waals surface area contributed by atoms with E-state index in [1.807, 2.05) is 13.0 Å². The summed E-state index contributed by atoms with van der Waals surface area (Å²) in [6.45, 7) is 6.28. The van der Waals surface area contributed by atoms with Crippen LogP contribution in [-0.2, 0) is 0 Å². The van der Waals surface area contributed by atoms with Gasteiger partial charge in [-0.3, -0.25) is 4.90 Å². The van der Waals surface area contributed by atoms with Crippen LogP contribution in [0.25, 0.3) is 0 Å². The van der Waals surface area contributed by atoms with Crippen molar-refractivity contribution in [1.29, 1.82) is 0 Å². The van der Waals surface area contributed by atoms with Crippen molar-refractivity contribution in [3.05, 3.63) is 24.3 Å². The second-order valence-electron chi connectivity index (χ2n) is 5.81. The van der Waals surface area contributed by atoms with Crippen molar-refractivity contribution in [2.75, 3.05) is 18.5 Å². The van der Waals surface area contributed by atoms with Crippen LogP contribution in [0, 0.1) is 0 Å². The van der Waals surface area contributed by atoms with E-state index in [-0.39, 0.29) is 0 Å². The van der Waals surface area contributed by atoms with Gasteiger partial charge in [0.2, 0.25) is 0 Å². The monoisotopic (exact) mass is 260 g/mol. The van der Waals surface area contributed by atoms with E-state index in [4.69, 9.17) is 4.74 Å². The van der Waals surface area contributed by atoms with Gasteiger partial charge in [0, 0.05) is 36.4 Å². The molecule has 0 bridgehead atoms. The Morgan fingerprint density at radius 3 is 2.95 bits per heavy atom. The third-order valence-electron chi connectivity index (χ3n) is 4.15. The van der Waals surface area contributed by atoms with E-state index in [2.05, 4.69) is 35.3 Å².